The highest BCUT2D eigenvalue weighted by Gasteiger charge is 2.69. The van der Waals surface area contributed by atoms with Crippen molar-refractivity contribution >= 4 is 11.9 Å². The van der Waals surface area contributed by atoms with Gasteiger partial charge in [0.1, 0.15) is 29.6 Å². The van der Waals surface area contributed by atoms with Crippen LogP contribution in [0.25, 0.3) is 0 Å². The van der Waals surface area contributed by atoms with Crippen LogP contribution in [0.15, 0.2) is 42.1 Å². The molecule has 5 rings (SSSR count). The third kappa shape index (κ3) is 4.07. The molecule has 0 radical (unpaired) electrons. The van der Waals surface area contributed by atoms with E-state index in [4.69, 9.17) is 18.9 Å². The number of hydrogen-bond acceptors (Lipinski definition) is 8. The van der Waals surface area contributed by atoms with Crippen molar-refractivity contribution < 1.29 is 38.7 Å². The van der Waals surface area contributed by atoms with Crippen LogP contribution in [0.2, 0.25) is 0 Å². The van der Waals surface area contributed by atoms with Crippen LogP contribution in [0, 0.1) is 29.6 Å². The molecule has 2 aliphatic carbocycles. The normalized spacial score (nSPS) is 45.3. The lowest BCUT2D eigenvalue weighted by atomic mass is 9.57. The monoisotopic (exact) mass is 515 g/mol. The van der Waals surface area contributed by atoms with Crippen molar-refractivity contribution in [1.82, 2.24) is 4.98 Å². The topological polar surface area (TPSA) is 127 Å². The van der Waals surface area contributed by atoms with Gasteiger partial charge in [-0.15, -0.1) is 0 Å². The summed E-state index contributed by atoms with van der Waals surface area (Å²) in [5.74, 6) is -2.49. The van der Waals surface area contributed by atoms with Crippen molar-refractivity contribution in [3.05, 3.63) is 47.8 Å². The highest BCUT2D eigenvalue weighted by Crippen LogP contribution is 2.61. The van der Waals surface area contributed by atoms with E-state index in [1.807, 2.05) is 39.0 Å². The van der Waals surface area contributed by atoms with Crippen LogP contribution >= 0.6 is 0 Å². The number of cyclic esters (lactones) is 1. The van der Waals surface area contributed by atoms with Gasteiger partial charge >= 0.3 is 11.9 Å². The summed E-state index contributed by atoms with van der Waals surface area (Å²) in [6.07, 6.45) is 3.53. The number of aromatic nitrogens is 1. The highest BCUT2D eigenvalue weighted by molar-refractivity contribution is 5.87. The Balaban J connectivity index is 1.58. The molecule has 1 saturated heterocycles. The molecule has 1 aromatic heterocycles. The Bertz CT molecular complexity index is 1080. The minimum atomic E-state index is -0.933. The van der Waals surface area contributed by atoms with E-state index >= 15 is 0 Å². The van der Waals surface area contributed by atoms with Crippen LogP contribution in [0.1, 0.15) is 44.6 Å². The fourth-order valence-corrected chi connectivity index (χ4v) is 7.14. The first-order valence-corrected chi connectivity index (χ1v) is 13.1. The lowest BCUT2D eigenvalue weighted by Gasteiger charge is -2.48. The van der Waals surface area contributed by atoms with Gasteiger partial charge in [0.05, 0.1) is 12.2 Å². The molecule has 9 nitrogen and oxygen atoms in total. The van der Waals surface area contributed by atoms with Gasteiger partial charge in [0.25, 0.3) is 0 Å². The van der Waals surface area contributed by atoms with Gasteiger partial charge in [0.15, 0.2) is 6.10 Å². The number of methoxy groups -OCH3 is 1. The second-order valence-corrected chi connectivity index (χ2v) is 11.1. The second kappa shape index (κ2) is 9.69. The largest absolute Gasteiger partial charge is 0.457 e. The fourth-order valence-electron chi connectivity index (χ4n) is 7.14. The number of aromatic amines is 1. The molecule has 4 bridgehead atoms. The summed E-state index contributed by atoms with van der Waals surface area (Å²) >= 11 is 0. The van der Waals surface area contributed by atoms with E-state index in [0.717, 1.165) is 5.57 Å². The van der Waals surface area contributed by atoms with Crippen LogP contribution in [0.4, 0.5) is 0 Å². The lowest BCUT2D eigenvalue weighted by Crippen LogP contribution is -2.57. The number of aliphatic hydroxyl groups is 2. The van der Waals surface area contributed by atoms with Gasteiger partial charge in [-0.25, -0.2) is 9.59 Å². The standard InChI is InChI=1S/C28H37NO8/c1-13-11-14(2)28-17(12-20(34-5)27(33)35-23(13)16(4)30)8-9-18-21(28)22(31)15(3)24(25(18)37-28)36-26(32)19-7-6-10-29-19/h6-11,13,15-18,20-25,29-31H,12H2,1-5H3/b14-11-/t13-,15+,16-,17-,18-,20+,21-,22-,23+,24+,25-,28-/m1/s1. The number of carbonyl (C=O) groups is 2. The molecule has 0 amide bonds. The third-order valence-electron chi connectivity index (χ3n) is 8.94. The molecule has 1 spiro atoms. The van der Waals surface area contributed by atoms with E-state index in [9.17, 15) is 19.8 Å². The van der Waals surface area contributed by atoms with Crippen molar-refractivity contribution in [2.75, 3.05) is 7.11 Å². The zero-order valence-electron chi connectivity index (χ0n) is 21.9. The number of carbonyl (C=O) groups excluding carboxylic acids is 2. The van der Waals surface area contributed by atoms with Crippen LogP contribution < -0.4 is 0 Å². The molecule has 202 valence electrons. The molecule has 1 saturated carbocycles. The van der Waals surface area contributed by atoms with Gasteiger partial charge in [-0.3, -0.25) is 0 Å². The Morgan fingerprint density at radius 2 is 2.05 bits per heavy atom. The molecule has 3 heterocycles. The average Bonchev–Trinajstić information content (AvgIpc) is 3.46. The maximum atomic E-state index is 13.1. The Hall–Kier alpha value is -2.46. The van der Waals surface area contributed by atoms with Gasteiger partial charge in [0.2, 0.25) is 0 Å². The van der Waals surface area contributed by atoms with Gasteiger partial charge in [-0.05, 0) is 38.0 Å². The number of rotatable bonds is 4. The molecular weight excluding hydrogens is 478 g/mol. The Labute approximate surface area is 216 Å². The van der Waals surface area contributed by atoms with Crippen molar-refractivity contribution in [3.63, 3.8) is 0 Å². The minimum absolute atomic E-state index is 0.175. The van der Waals surface area contributed by atoms with Crippen LogP contribution in [-0.2, 0) is 23.7 Å². The smallest absolute Gasteiger partial charge is 0.355 e. The second-order valence-electron chi connectivity index (χ2n) is 11.1. The summed E-state index contributed by atoms with van der Waals surface area (Å²) in [7, 11) is 1.46. The van der Waals surface area contributed by atoms with Crippen LogP contribution in [0.5, 0.6) is 0 Å². The summed E-state index contributed by atoms with van der Waals surface area (Å²) in [5.41, 5.74) is 0.301. The molecule has 4 aliphatic rings. The first-order chi connectivity index (χ1) is 17.6. The number of hydrogen-bond donors (Lipinski definition) is 3. The van der Waals surface area contributed by atoms with Gasteiger partial charge in [-0.1, -0.05) is 32.1 Å². The predicted molar refractivity (Wildman–Crippen MR) is 132 cm³/mol. The number of H-pyrrole nitrogens is 1. The number of aliphatic hydroxyl groups excluding tert-OH is 2. The molecule has 9 heteroatoms. The van der Waals surface area contributed by atoms with E-state index in [1.54, 1.807) is 25.3 Å². The molecule has 12 atom stereocenters. The summed E-state index contributed by atoms with van der Waals surface area (Å²) in [6, 6.07) is 3.37. The quantitative estimate of drug-likeness (QED) is 0.412. The maximum absolute atomic E-state index is 13.1. The van der Waals surface area contributed by atoms with Gasteiger partial charge < -0.3 is 34.1 Å². The van der Waals surface area contributed by atoms with Crippen LogP contribution in [0.3, 0.4) is 0 Å². The summed E-state index contributed by atoms with van der Waals surface area (Å²) in [5, 5.41) is 22.1. The first-order valence-electron chi connectivity index (χ1n) is 13.1. The Morgan fingerprint density at radius 1 is 1.30 bits per heavy atom. The van der Waals surface area contributed by atoms with Crippen molar-refractivity contribution in [2.45, 2.75) is 76.3 Å². The molecule has 0 aromatic carbocycles. The fraction of sp³-hybridized carbons (Fsp3) is 0.643. The maximum Gasteiger partial charge on any atom is 0.355 e. The number of ether oxygens (including phenoxy) is 4. The molecule has 37 heavy (non-hydrogen) atoms. The predicted octanol–water partition coefficient (Wildman–Crippen LogP) is 2.40. The third-order valence-corrected chi connectivity index (χ3v) is 8.94. The lowest BCUT2D eigenvalue weighted by molar-refractivity contribution is -0.172. The Kier molecular flexibility index (Phi) is 6.85. The zero-order chi connectivity index (χ0) is 26.6. The van der Waals surface area contributed by atoms with Crippen molar-refractivity contribution in [2.24, 2.45) is 29.6 Å². The Morgan fingerprint density at radius 3 is 2.70 bits per heavy atom. The zero-order valence-corrected chi connectivity index (χ0v) is 21.9. The average molecular weight is 516 g/mol. The van der Waals surface area contributed by atoms with E-state index in [2.05, 4.69) is 4.98 Å². The molecular formula is C28H37NO8. The van der Waals surface area contributed by atoms with E-state index in [-0.39, 0.29) is 36.0 Å². The van der Waals surface area contributed by atoms with Crippen molar-refractivity contribution in [3.8, 4) is 0 Å². The molecule has 2 aliphatic heterocycles. The van der Waals surface area contributed by atoms with Gasteiger partial charge in [0, 0.05) is 42.9 Å². The van der Waals surface area contributed by atoms with E-state index in [0.29, 0.717) is 5.69 Å². The minimum Gasteiger partial charge on any atom is -0.457 e. The number of esters is 2. The van der Waals surface area contributed by atoms with E-state index in [1.165, 1.54) is 7.11 Å². The van der Waals surface area contributed by atoms with Crippen molar-refractivity contribution in [1.29, 1.82) is 0 Å². The molecule has 1 aromatic rings. The molecule has 2 fully saturated rings. The summed E-state index contributed by atoms with van der Waals surface area (Å²) in [4.78, 5) is 28.8. The van der Waals surface area contributed by atoms with Crippen LogP contribution in [-0.4, -0.2) is 76.5 Å². The van der Waals surface area contributed by atoms with E-state index < -0.39 is 54.2 Å². The highest BCUT2D eigenvalue weighted by atomic mass is 16.6. The molecule has 3 N–H and O–H groups in total. The number of nitrogens with one attached hydrogen (secondary N) is 1. The summed E-state index contributed by atoms with van der Waals surface area (Å²) < 4.78 is 24.2. The molecule has 0 unspecified atom stereocenters. The first kappa shape index (κ1) is 26.2. The van der Waals surface area contributed by atoms with Gasteiger partial charge in [-0.2, -0.15) is 0 Å². The summed E-state index contributed by atoms with van der Waals surface area (Å²) in [6.45, 7) is 7.35. The SMILES string of the molecule is CO[C@H]1C[C@H]2C=C[C@H]3[C@H]4O[C@@]2(/C(C)=C\[C@@H](C)[C@@H]([C@@H](C)O)OC1=O)[C@H]3[C@H](O)[C@H](C)[C@@H]4OC(=O)c1ccc[nH]1.